The lowest BCUT2D eigenvalue weighted by Gasteiger charge is -2.01. The van der Waals surface area contributed by atoms with Gasteiger partial charge in [-0.25, -0.2) is 4.39 Å². The lowest BCUT2D eigenvalue weighted by atomic mass is 10.1. The van der Waals surface area contributed by atoms with Crippen LogP contribution in [0.2, 0.25) is 0 Å². The maximum atomic E-state index is 13.8. The average molecular weight is 200 g/mol. The Bertz CT molecular complexity index is 532. The molecule has 0 spiro atoms. The van der Waals surface area contributed by atoms with Gasteiger partial charge in [0, 0.05) is 0 Å². The van der Waals surface area contributed by atoms with Gasteiger partial charge in [0.25, 0.3) is 0 Å². The molecule has 0 bridgehead atoms. The van der Waals surface area contributed by atoms with Gasteiger partial charge in [-0.15, -0.1) is 6.42 Å². The zero-order valence-corrected chi connectivity index (χ0v) is 8.25. The molecule has 0 unspecified atom stereocenters. The molecule has 1 heterocycles. The number of terminal acetylenes is 1. The maximum Gasteiger partial charge on any atom is 0.149 e. The smallest absolute Gasteiger partial charge is 0.149 e. The third-order valence-corrected chi connectivity index (χ3v) is 2.16. The second-order valence-electron chi connectivity index (χ2n) is 3.22. The molecule has 0 amide bonds. The Hall–Kier alpha value is -2.01. The van der Waals surface area contributed by atoms with E-state index >= 15 is 0 Å². The van der Waals surface area contributed by atoms with Crippen LogP contribution in [0.1, 0.15) is 11.3 Å². The number of aryl methyl sites for hydroxylation is 1. The molecule has 0 atom stereocenters. The molecule has 0 saturated heterocycles. The van der Waals surface area contributed by atoms with Crippen LogP contribution in [-0.4, -0.2) is 0 Å². The van der Waals surface area contributed by atoms with Gasteiger partial charge in [-0.1, -0.05) is 12.0 Å². The predicted octanol–water partition coefficient (Wildman–Crippen LogP) is 3.38. The minimum absolute atomic E-state index is 0.251. The summed E-state index contributed by atoms with van der Waals surface area (Å²) in [5.74, 6) is 3.14. The molecule has 0 radical (unpaired) electrons. The predicted molar refractivity (Wildman–Crippen MR) is 56.8 cm³/mol. The van der Waals surface area contributed by atoms with Crippen molar-refractivity contribution in [1.29, 1.82) is 0 Å². The summed E-state index contributed by atoms with van der Waals surface area (Å²) in [5, 5.41) is 0. The fourth-order valence-electron chi connectivity index (χ4n) is 1.41. The molecule has 0 aliphatic carbocycles. The van der Waals surface area contributed by atoms with Crippen molar-refractivity contribution in [2.24, 2.45) is 0 Å². The van der Waals surface area contributed by atoms with Crippen LogP contribution in [0, 0.1) is 25.1 Å². The summed E-state index contributed by atoms with van der Waals surface area (Å²) in [6.07, 6.45) is 5.18. The van der Waals surface area contributed by atoms with E-state index < -0.39 is 5.82 Å². The van der Waals surface area contributed by atoms with Crippen molar-refractivity contribution in [1.82, 2.24) is 0 Å². The Morgan fingerprint density at radius 3 is 2.67 bits per heavy atom. The Morgan fingerprint density at radius 1 is 1.27 bits per heavy atom. The second-order valence-corrected chi connectivity index (χ2v) is 3.22. The summed E-state index contributed by atoms with van der Waals surface area (Å²) in [7, 11) is 0. The molecule has 1 nitrogen and oxygen atoms in total. The van der Waals surface area contributed by atoms with E-state index in [9.17, 15) is 4.39 Å². The highest BCUT2D eigenvalue weighted by atomic mass is 19.1. The lowest BCUT2D eigenvalue weighted by molar-refractivity contribution is 0.540. The van der Waals surface area contributed by atoms with Crippen molar-refractivity contribution in [3.63, 3.8) is 0 Å². The average Bonchev–Trinajstić information content (AvgIpc) is 2.65. The highest BCUT2D eigenvalue weighted by Gasteiger charge is 2.10. The van der Waals surface area contributed by atoms with Crippen LogP contribution < -0.4 is 0 Å². The molecule has 74 valence electrons. The van der Waals surface area contributed by atoms with E-state index in [1.165, 1.54) is 0 Å². The van der Waals surface area contributed by atoms with Gasteiger partial charge in [0.05, 0.1) is 11.1 Å². The first-order valence-corrected chi connectivity index (χ1v) is 4.54. The number of rotatable bonds is 1. The van der Waals surface area contributed by atoms with E-state index in [1.807, 2.05) is 6.92 Å². The lowest BCUT2D eigenvalue weighted by Crippen LogP contribution is -1.87. The van der Waals surface area contributed by atoms with Gasteiger partial charge < -0.3 is 4.42 Å². The zero-order chi connectivity index (χ0) is 10.8. The monoisotopic (exact) mass is 200 g/mol. The molecule has 2 rings (SSSR count). The second kappa shape index (κ2) is 3.62. The topological polar surface area (TPSA) is 13.1 Å². The molecular formula is C13H9FO. The molecule has 0 N–H and O–H groups in total. The molecule has 1 aromatic carbocycles. The first-order chi connectivity index (χ1) is 7.22. The summed E-state index contributed by atoms with van der Waals surface area (Å²) in [5.41, 5.74) is 0.653. The number of benzene rings is 1. The number of halogens is 1. The molecular weight excluding hydrogens is 191 g/mol. The van der Waals surface area contributed by atoms with E-state index in [2.05, 4.69) is 5.92 Å². The van der Waals surface area contributed by atoms with Crippen molar-refractivity contribution in [2.75, 3.05) is 0 Å². The zero-order valence-electron chi connectivity index (χ0n) is 8.25. The molecule has 15 heavy (non-hydrogen) atoms. The Balaban J connectivity index is 2.59. The van der Waals surface area contributed by atoms with Gasteiger partial charge in [0.1, 0.15) is 17.3 Å². The van der Waals surface area contributed by atoms with Crippen LogP contribution in [0.15, 0.2) is 34.7 Å². The fraction of sp³-hybridized carbons (Fsp3) is 0.0769. The number of furan rings is 1. The number of hydrogen-bond donors (Lipinski definition) is 0. The van der Waals surface area contributed by atoms with E-state index in [4.69, 9.17) is 10.8 Å². The fourth-order valence-corrected chi connectivity index (χ4v) is 1.41. The van der Waals surface area contributed by atoms with Crippen molar-refractivity contribution in [3.8, 4) is 23.7 Å². The van der Waals surface area contributed by atoms with Crippen LogP contribution >= 0.6 is 0 Å². The van der Waals surface area contributed by atoms with Gasteiger partial charge in [-0.3, -0.25) is 0 Å². The quantitative estimate of drug-likeness (QED) is 0.643. The molecule has 0 aliphatic heterocycles. The van der Waals surface area contributed by atoms with E-state index in [-0.39, 0.29) is 5.56 Å². The van der Waals surface area contributed by atoms with Crippen LogP contribution in [0.4, 0.5) is 4.39 Å². The van der Waals surface area contributed by atoms with Gasteiger partial charge in [0.15, 0.2) is 0 Å². The van der Waals surface area contributed by atoms with Crippen molar-refractivity contribution >= 4 is 0 Å². The third-order valence-electron chi connectivity index (χ3n) is 2.16. The van der Waals surface area contributed by atoms with E-state index in [0.717, 1.165) is 5.76 Å². The molecule has 0 aliphatic rings. The van der Waals surface area contributed by atoms with Crippen LogP contribution in [-0.2, 0) is 0 Å². The SMILES string of the molecule is C#Cc1cccc(-c2ccc(C)o2)c1F. The van der Waals surface area contributed by atoms with Gasteiger partial charge >= 0.3 is 0 Å². The Kier molecular flexibility index (Phi) is 2.31. The summed E-state index contributed by atoms with van der Waals surface area (Å²) >= 11 is 0. The molecule has 2 heteroatoms. The standard InChI is InChI=1S/C13H9FO/c1-3-10-5-4-6-11(13(10)14)12-8-7-9(2)15-12/h1,4-8H,2H3. The maximum absolute atomic E-state index is 13.8. The highest BCUT2D eigenvalue weighted by molar-refractivity contribution is 5.61. The van der Waals surface area contributed by atoms with Gasteiger partial charge in [-0.2, -0.15) is 0 Å². The molecule has 0 fully saturated rings. The van der Waals surface area contributed by atoms with Crippen LogP contribution in [0.25, 0.3) is 11.3 Å². The first-order valence-electron chi connectivity index (χ1n) is 4.54. The minimum Gasteiger partial charge on any atom is -0.461 e. The van der Waals surface area contributed by atoms with Crippen molar-refractivity contribution in [3.05, 3.63) is 47.5 Å². The van der Waals surface area contributed by atoms with E-state index in [1.54, 1.807) is 30.3 Å². The largest absolute Gasteiger partial charge is 0.461 e. The van der Waals surface area contributed by atoms with Crippen LogP contribution in [0.5, 0.6) is 0 Å². The van der Waals surface area contributed by atoms with Crippen molar-refractivity contribution in [2.45, 2.75) is 6.92 Å². The Morgan fingerprint density at radius 2 is 2.07 bits per heavy atom. The number of hydrogen-bond acceptors (Lipinski definition) is 1. The molecule has 0 saturated carbocycles. The van der Waals surface area contributed by atoms with Crippen molar-refractivity contribution < 1.29 is 8.81 Å². The minimum atomic E-state index is -0.408. The first kappa shape index (κ1) is 9.54. The molecule has 1 aromatic heterocycles. The third kappa shape index (κ3) is 1.64. The summed E-state index contributed by atoms with van der Waals surface area (Å²) in [6, 6.07) is 8.44. The normalized spacial score (nSPS) is 9.93. The molecule has 2 aromatic rings. The van der Waals surface area contributed by atoms with E-state index in [0.29, 0.717) is 11.3 Å². The highest BCUT2D eigenvalue weighted by Crippen LogP contribution is 2.26. The van der Waals surface area contributed by atoms with Crippen LogP contribution in [0.3, 0.4) is 0 Å². The summed E-state index contributed by atoms with van der Waals surface area (Å²) in [4.78, 5) is 0. The summed E-state index contributed by atoms with van der Waals surface area (Å²) in [6.45, 7) is 1.81. The van der Waals surface area contributed by atoms with Gasteiger partial charge in [-0.05, 0) is 31.2 Å². The Labute approximate surface area is 87.5 Å². The van der Waals surface area contributed by atoms with Gasteiger partial charge in [0.2, 0.25) is 0 Å². The summed E-state index contributed by atoms with van der Waals surface area (Å²) < 4.78 is 19.1.